The van der Waals surface area contributed by atoms with Crippen molar-refractivity contribution in [3.63, 3.8) is 0 Å². The summed E-state index contributed by atoms with van der Waals surface area (Å²) in [6.45, 7) is 8.20. The van der Waals surface area contributed by atoms with E-state index in [1.807, 2.05) is 13.1 Å². The van der Waals surface area contributed by atoms with Crippen LogP contribution in [0, 0.1) is 5.41 Å². The highest BCUT2D eigenvalue weighted by Gasteiger charge is 2.30. The normalized spacial score (nSPS) is 19.0. The largest absolute Gasteiger partial charge is 0.450 e. The highest BCUT2D eigenvalue weighted by atomic mass is 35.5. The molecule has 3 N–H and O–H groups in total. The van der Waals surface area contributed by atoms with Gasteiger partial charge in [-0.1, -0.05) is 32.4 Å². The Kier molecular flexibility index (Phi) is 7.41. The van der Waals surface area contributed by atoms with Crippen LogP contribution in [0.25, 0.3) is 11.2 Å². The summed E-state index contributed by atoms with van der Waals surface area (Å²) in [6, 6.07) is 2.21. The SMILES string of the molecule is Cn1c(Nc2cc(C(C)(C)C)n([C@@H]3CCN(CCF)C3)n2)nc2ncc(O/C(C=N)=C3\C=NC=CN3)c(Cl)c21. The number of likely N-dealkylation sites (tertiary alicyclic amines) is 1. The Morgan fingerprint density at radius 1 is 1.38 bits per heavy atom. The summed E-state index contributed by atoms with van der Waals surface area (Å²) in [5, 5.41) is 19.3. The topological polar surface area (TPSA) is 121 Å². The first-order chi connectivity index (χ1) is 18.7. The molecule has 0 radical (unpaired) electrons. The van der Waals surface area contributed by atoms with Gasteiger partial charge in [0.25, 0.3) is 0 Å². The molecule has 0 saturated carbocycles. The second kappa shape index (κ2) is 10.8. The van der Waals surface area contributed by atoms with Gasteiger partial charge < -0.3 is 25.3 Å². The molecule has 13 heteroatoms. The number of allylic oxidation sites excluding steroid dienone is 2. The number of aryl methyl sites for hydroxylation is 1. The summed E-state index contributed by atoms with van der Waals surface area (Å²) < 4.78 is 22.7. The second-order valence-electron chi connectivity index (χ2n) is 10.5. The highest BCUT2D eigenvalue weighted by Crippen LogP contribution is 2.35. The first-order valence-electron chi connectivity index (χ1n) is 12.7. The summed E-state index contributed by atoms with van der Waals surface area (Å²) in [4.78, 5) is 15.3. The van der Waals surface area contributed by atoms with Crippen LogP contribution in [0.15, 0.2) is 41.1 Å². The van der Waals surface area contributed by atoms with Crippen LogP contribution in [0.3, 0.4) is 0 Å². The minimum absolute atomic E-state index is 0.140. The molecule has 1 fully saturated rings. The van der Waals surface area contributed by atoms with Crippen LogP contribution < -0.4 is 15.4 Å². The van der Waals surface area contributed by atoms with E-state index < -0.39 is 0 Å². The lowest BCUT2D eigenvalue weighted by atomic mass is 9.91. The molecule has 0 aromatic carbocycles. The van der Waals surface area contributed by atoms with Crippen LogP contribution in [-0.2, 0) is 12.5 Å². The Hall–Kier alpha value is -3.77. The predicted molar refractivity (Wildman–Crippen MR) is 151 cm³/mol. The van der Waals surface area contributed by atoms with Gasteiger partial charge in [-0.15, -0.1) is 0 Å². The first-order valence-corrected chi connectivity index (χ1v) is 13.1. The smallest absolute Gasteiger partial charge is 0.210 e. The zero-order valence-corrected chi connectivity index (χ0v) is 23.1. The third kappa shape index (κ3) is 5.39. The number of aliphatic imine (C=N–C) groups is 1. The van der Waals surface area contributed by atoms with Crippen LogP contribution in [0.1, 0.15) is 38.9 Å². The molecule has 2 aliphatic heterocycles. The molecule has 0 amide bonds. The van der Waals surface area contributed by atoms with Crippen LogP contribution in [0.2, 0.25) is 5.02 Å². The number of aromatic nitrogens is 5. The maximum absolute atomic E-state index is 12.9. The van der Waals surface area contributed by atoms with Crippen LogP contribution >= 0.6 is 11.6 Å². The molecule has 206 valence electrons. The molecular weight excluding hydrogens is 523 g/mol. The molecule has 1 saturated heterocycles. The third-order valence-electron chi connectivity index (χ3n) is 6.76. The Morgan fingerprint density at radius 3 is 2.90 bits per heavy atom. The monoisotopic (exact) mass is 554 g/mol. The summed E-state index contributed by atoms with van der Waals surface area (Å²) in [7, 11) is 1.83. The van der Waals surface area contributed by atoms with Gasteiger partial charge in [0.2, 0.25) is 5.95 Å². The van der Waals surface area contributed by atoms with Crippen LogP contribution in [-0.4, -0.2) is 68.0 Å². The number of halogens is 2. The molecule has 5 rings (SSSR count). The standard InChI is InChI=1S/C26H32ClFN10O/c1-26(2,3)20-11-21(35-38(20)16-5-9-37(15-16)10-6-28)33-25-34-24-23(36(25)4)22(27)19(14-32-24)39-18(12-29)17-13-30-7-8-31-17/h7-8,11-14,16,29,31H,5-6,9-10,15H2,1-4H3,(H,32,33,34,35)/b18-17+,29-12?/t16-/m1/s1. The molecule has 0 unspecified atom stereocenters. The molecule has 2 aliphatic rings. The van der Waals surface area contributed by atoms with Gasteiger partial charge in [-0.05, 0) is 6.42 Å². The molecule has 0 spiro atoms. The van der Waals surface area contributed by atoms with Crippen LogP contribution in [0.5, 0.6) is 5.75 Å². The van der Waals surface area contributed by atoms with Crippen molar-refractivity contribution < 1.29 is 9.13 Å². The number of nitrogens with zero attached hydrogens (tertiary/aromatic N) is 7. The highest BCUT2D eigenvalue weighted by molar-refractivity contribution is 6.36. The van der Waals surface area contributed by atoms with E-state index in [2.05, 4.69) is 55.9 Å². The van der Waals surface area contributed by atoms with Gasteiger partial charge in [0.05, 0.1) is 24.7 Å². The average molecular weight is 555 g/mol. The number of nitrogens with one attached hydrogen (secondary N) is 3. The number of pyridine rings is 1. The Morgan fingerprint density at radius 2 is 2.21 bits per heavy atom. The molecule has 1 atom stereocenters. The number of hydrogen-bond donors (Lipinski definition) is 3. The average Bonchev–Trinajstić information content (AvgIpc) is 3.62. The summed E-state index contributed by atoms with van der Waals surface area (Å²) in [5.41, 5.74) is 2.48. The first kappa shape index (κ1) is 26.8. The summed E-state index contributed by atoms with van der Waals surface area (Å²) in [5.74, 6) is 1.70. The van der Waals surface area contributed by atoms with E-state index in [1.165, 1.54) is 6.20 Å². The van der Waals surface area contributed by atoms with E-state index in [0.717, 1.165) is 31.4 Å². The fourth-order valence-corrected chi connectivity index (χ4v) is 5.08. The van der Waals surface area contributed by atoms with E-state index in [4.69, 9.17) is 26.8 Å². The fraction of sp³-hybridized carbons (Fsp3) is 0.423. The molecule has 3 aromatic rings. The zero-order valence-electron chi connectivity index (χ0n) is 22.4. The molecular formula is C26H32ClFN10O. The molecule has 5 heterocycles. The van der Waals surface area contributed by atoms with E-state index in [0.29, 0.717) is 40.2 Å². The van der Waals surface area contributed by atoms with E-state index in [9.17, 15) is 4.39 Å². The van der Waals surface area contributed by atoms with Gasteiger partial charge in [0.15, 0.2) is 23.0 Å². The van der Waals surface area contributed by atoms with E-state index in [1.54, 1.807) is 23.2 Å². The maximum atomic E-state index is 12.9. The van der Waals surface area contributed by atoms with Gasteiger partial charge in [0.1, 0.15) is 22.9 Å². The lowest BCUT2D eigenvalue weighted by Gasteiger charge is -2.23. The molecule has 0 aliphatic carbocycles. The van der Waals surface area contributed by atoms with Gasteiger partial charge in [-0.3, -0.25) is 14.6 Å². The van der Waals surface area contributed by atoms with Crippen molar-refractivity contribution in [3.05, 3.63) is 46.8 Å². The third-order valence-corrected chi connectivity index (χ3v) is 7.13. The molecule has 11 nitrogen and oxygen atoms in total. The molecule has 3 aromatic heterocycles. The predicted octanol–water partition coefficient (Wildman–Crippen LogP) is 4.46. The zero-order chi connectivity index (χ0) is 27.7. The van der Waals surface area contributed by atoms with Crippen molar-refractivity contribution in [2.24, 2.45) is 12.0 Å². The maximum Gasteiger partial charge on any atom is 0.210 e. The summed E-state index contributed by atoms with van der Waals surface area (Å²) >= 11 is 6.75. The fourth-order valence-electron chi connectivity index (χ4n) is 4.78. The number of hydrogen-bond acceptors (Lipinski definition) is 9. The van der Waals surface area contributed by atoms with Gasteiger partial charge in [0, 0.05) is 56.3 Å². The number of fused-ring (bicyclic) bond motifs is 1. The van der Waals surface area contributed by atoms with Crippen LogP contribution in [0.4, 0.5) is 16.2 Å². The Labute approximate surface area is 230 Å². The van der Waals surface area contributed by atoms with Gasteiger partial charge in [-0.2, -0.15) is 10.1 Å². The minimum atomic E-state index is -0.344. The molecule has 39 heavy (non-hydrogen) atoms. The Bertz CT molecular complexity index is 1480. The van der Waals surface area contributed by atoms with Crippen molar-refractivity contribution in [2.75, 3.05) is 31.6 Å². The number of alkyl halides is 1. The number of ether oxygens (including phenoxy) is 1. The molecule has 0 bridgehead atoms. The van der Waals surface area contributed by atoms with Crippen molar-refractivity contribution in [3.8, 4) is 5.75 Å². The van der Waals surface area contributed by atoms with Crippen molar-refractivity contribution in [1.82, 2.24) is 34.5 Å². The van der Waals surface area contributed by atoms with Gasteiger partial charge in [-0.25, -0.2) is 9.37 Å². The van der Waals surface area contributed by atoms with E-state index >= 15 is 0 Å². The summed E-state index contributed by atoms with van der Waals surface area (Å²) in [6.07, 6.45) is 8.28. The number of imidazole rings is 1. The number of anilines is 2. The van der Waals surface area contributed by atoms with E-state index in [-0.39, 0.29) is 29.6 Å². The van der Waals surface area contributed by atoms with Crippen molar-refractivity contribution >= 4 is 47.0 Å². The lowest BCUT2D eigenvalue weighted by molar-refractivity contribution is 0.282. The lowest BCUT2D eigenvalue weighted by Crippen LogP contribution is -2.26. The van der Waals surface area contributed by atoms with Crippen molar-refractivity contribution in [1.29, 1.82) is 5.41 Å². The van der Waals surface area contributed by atoms with Gasteiger partial charge >= 0.3 is 0 Å². The minimum Gasteiger partial charge on any atom is -0.450 e. The quantitative estimate of drug-likeness (QED) is 0.277. The van der Waals surface area contributed by atoms with Crippen molar-refractivity contribution in [2.45, 2.75) is 38.6 Å². The number of rotatable bonds is 8. The Balaban J connectivity index is 1.44. The second-order valence-corrected chi connectivity index (χ2v) is 10.9.